The SMILES string of the molecule is O=C(COc1ccc(Oc2ccccn2)cc1)Nc1ccccc1-c1nc2ccccc2s1. The minimum atomic E-state index is -0.252. The van der Waals surface area contributed by atoms with Gasteiger partial charge in [-0.05, 0) is 54.6 Å². The first kappa shape index (κ1) is 20.7. The molecule has 1 N–H and O–H groups in total. The van der Waals surface area contributed by atoms with Crippen LogP contribution >= 0.6 is 11.3 Å². The minimum absolute atomic E-state index is 0.116. The van der Waals surface area contributed by atoms with Gasteiger partial charge in [0.05, 0.1) is 15.9 Å². The van der Waals surface area contributed by atoms with Crippen LogP contribution in [0.3, 0.4) is 0 Å². The lowest BCUT2D eigenvalue weighted by atomic mass is 10.2. The number of para-hydroxylation sites is 2. The molecule has 0 saturated heterocycles. The number of anilines is 1. The number of hydrogen-bond acceptors (Lipinski definition) is 6. The molecule has 0 bridgehead atoms. The van der Waals surface area contributed by atoms with Gasteiger partial charge in [0.15, 0.2) is 6.61 Å². The molecule has 6 nitrogen and oxygen atoms in total. The lowest BCUT2D eigenvalue weighted by Crippen LogP contribution is -2.20. The summed E-state index contributed by atoms with van der Waals surface area (Å²) in [6.07, 6.45) is 1.67. The summed E-state index contributed by atoms with van der Waals surface area (Å²) in [7, 11) is 0. The van der Waals surface area contributed by atoms with E-state index in [1.54, 1.807) is 47.9 Å². The van der Waals surface area contributed by atoms with Crippen LogP contribution in [-0.4, -0.2) is 22.5 Å². The third-order valence-electron chi connectivity index (χ3n) is 4.78. The van der Waals surface area contributed by atoms with Gasteiger partial charge in [-0.15, -0.1) is 11.3 Å². The highest BCUT2D eigenvalue weighted by Gasteiger charge is 2.13. The van der Waals surface area contributed by atoms with Gasteiger partial charge in [-0.1, -0.05) is 30.3 Å². The Morgan fingerprint density at radius 1 is 0.848 bits per heavy atom. The van der Waals surface area contributed by atoms with Crippen molar-refractivity contribution in [2.24, 2.45) is 0 Å². The summed E-state index contributed by atoms with van der Waals surface area (Å²) in [6.45, 7) is -0.116. The van der Waals surface area contributed by atoms with Crippen LogP contribution in [0.4, 0.5) is 5.69 Å². The lowest BCUT2D eigenvalue weighted by Gasteiger charge is -2.11. The highest BCUT2D eigenvalue weighted by atomic mass is 32.1. The van der Waals surface area contributed by atoms with E-state index in [2.05, 4.69) is 10.3 Å². The van der Waals surface area contributed by atoms with Crippen molar-refractivity contribution in [3.63, 3.8) is 0 Å². The zero-order valence-electron chi connectivity index (χ0n) is 17.5. The Labute approximate surface area is 194 Å². The molecule has 0 saturated carbocycles. The smallest absolute Gasteiger partial charge is 0.262 e. The summed E-state index contributed by atoms with van der Waals surface area (Å²) in [6, 6.07) is 28.1. The average molecular weight is 454 g/mol. The maximum Gasteiger partial charge on any atom is 0.262 e. The maximum atomic E-state index is 12.6. The van der Waals surface area contributed by atoms with Crippen molar-refractivity contribution >= 4 is 33.1 Å². The molecule has 0 radical (unpaired) electrons. The summed E-state index contributed by atoms with van der Waals surface area (Å²) < 4.78 is 12.4. The number of carbonyl (C=O) groups excluding carboxylic acids is 1. The van der Waals surface area contributed by atoms with Crippen LogP contribution in [0.25, 0.3) is 20.8 Å². The first-order chi connectivity index (χ1) is 16.2. The normalized spacial score (nSPS) is 10.7. The summed E-state index contributed by atoms with van der Waals surface area (Å²) in [5, 5.41) is 3.80. The van der Waals surface area contributed by atoms with Gasteiger partial charge in [-0.2, -0.15) is 0 Å². The molecule has 0 atom stereocenters. The number of thiazole rings is 1. The fourth-order valence-corrected chi connectivity index (χ4v) is 4.24. The second kappa shape index (κ2) is 9.50. The predicted molar refractivity (Wildman–Crippen MR) is 130 cm³/mol. The van der Waals surface area contributed by atoms with Crippen molar-refractivity contribution in [2.45, 2.75) is 0 Å². The standard InChI is InChI=1S/C26H19N3O3S/c30-24(17-31-18-12-14-19(15-13-18)32-25-11-5-6-16-27-25)28-21-8-2-1-7-20(21)26-29-22-9-3-4-10-23(22)33-26/h1-16H,17H2,(H,28,30). The van der Waals surface area contributed by atoms with E-state index in [1.807, 2.05) is 60.7 Å². The molecule has 33 heavy (non-hydrogen) atoms. The average Bonchev–Trinajstić information content (AvgIpc) is 3.29. The van der Waals surface area contributed by atoms with Crippen molar-refractivity contribution in [2.75, 3.05) is 11.9 Å². The Bertz CT molecular complexity index is 1350. The van der Waals surface area contributed by atoms with Gasteiger partial charge in [0.1, 0.15) is 16.5 Å². The number of rotatable bonds is 7. The molecule has 0 unspecified atom stereocenters. The molecule has 2 heterocycles. The molecular formula is C26H19N3O3S. The molecule has 3 aromatic carbocycles. The molecule has 1 amide bonds. The molecular weight excluding hydrogens is 434 g/mol. The number of carbonyl (C=O) groups is 1. The Balaban J connectivity index is 1.22. The van der Waals surface area contributed by atoms with Crippen LogP contribution in [0.15, 0.2) is 97.2 Å². The largest absolute Gasteiger partial charge is 0.484 e. The molecule has 0 aliphatic carbocycles. The number of benzene rings is 3. The Morgan fingerprint density at radius 2 is 1.61 bits per heavy atom. The zero-order chi connectivity index (χ0) is 22.5. The Kier molecular flexibility index (Phi) is 5.95. The molecule has 0 aliphatic rings. The summed E-state index contributed by atoms with van der Waals surface area (Å²) in [5.74, 6) is 1.46. The molecule has 5 aromatic rings. The van der Waals surface area contributed by atoms with E-state index in [-0.39, 0.29) is 12.5 Å². The quantitative estimate of drug-likeness (QED) is 0.319. The van der Waals surface area contributed by atoms with E-state index in [9.17, 15) is 4.79 Å². The summed E-state index contributed by atoms with van der Waals surface area (Å²) in [4.78, 5) is 21.4. The second-order valence-electron chi connectivity index (χ2n) is 7.11. The first-order valence-corrected chi connectivity index (χ1v) is 11.1. The number of nitrogens with one attached hydrogen (secondary N) is 1. The fourth-order valence-electron chi connectivity index (χ4n) is 3.23. The van der Waals surface area contributed by atoms with E-state index in [0.29, 0.717) is 23.1 Å². The number of ether oxygens (including phenoxy) is 2. The van der Waals surface area contributed by atoms with Crippen molar-refractivity contribution < 1.29 is 14.3 Å². The van der Waals surface area contributed by atoms with Gasteiger partial charge >= 0.3 is 0 Å². The highest BCUT2D eigenvalue weighted by molar-refractivity contribution is 7.21. The Hall–Kier alpha value is -4.23. The molecule has 162 valence electrons. The number of fused-ring (bicyclic) bond motifs is 1. The monoisotopic (exact) mass is 453 g/mol. The summed E-state index contributed by atoms with van der Waals surface area (Å²) in [5.41, 5.74) is 2.52. The third-order valence-corrected chi connectivity index (χ3v) is 5.85. The van der Waals surface area contributed by atoms with Crippen LogP contribution in [0.1, 0.15) is 0 Å². The maximum absolute atomic E-state index is 12.6. The van der Waals surface area contributed by atoms with Crippen LogP contribution < -0.4 is 14.8 Å². The molecule has 0 spiro atoms. The van der Waals surface area contributed by atoms with E-state index < -0.39 is 0 Å². The highest BCUT2D eigenvalue weighted by Crippen LogP contribution is 2.34. The van der Waals surface area contributed by atoms with Crippen molar-refractivity contribution in [3.05, 3.63) is 97.2 Å². The van der Waals surface area contributed by atoms with Gasteiger partial charge in [-0.3, -0.25) is 4.79 Å². The minimum Gasteiger partial charge on any atom is -0.484 e. The number of aromatic nitrogens is 2. The van der Waals surface area contributed by atoms with Crippen LogP contribution in [0, 0.1) is 0 Å². The number of nitrogens with zero attached hydrogens (tertiary/aromatic N) is 2. The molecule has 2 aromatic heterocycles. The van der Waals surface area contributed by atoms with E-state index in [4.69, 9.17) is 14.5 Å². The first-order valence-electron chi connectivity index (χ1n) is 10.3. The van der Waals surface area contributed by atoms with Crippen LogP contribution in [-0.2, 0) is 4.79 Å². The van der Waals surface area contributed by atoms with E-state index in [0.717, 1.165) is 20.8 Å². The van der Waals surface area contributed by atoms with E-state index in [1.165, 1.54) is 0 Å². The molecule has 7 heteroatoms. The van der Waals surface area contributed by atoms with Crippen LogP contribution in [0.5, 0.6) is 17.4 Å². The predicted octanol–water partition coefficient (Wildman–Crippen LogP) is 6.17. The molecule has 5 rings (SSSR count). The number of amides is 1. The van der Waals surface area contributed by atoms with Gasteiger partial charge in [0.2, 0.25) is 5.88 Å². The van der Waals surface area contributed by atoms with Crippen molar-refractivity contribution in [3.8, 4) is 28.0 Å². The molecule has 0 fully saturated rings. The zero-order valence-corrected chi connectivity index (χ0v) is 18.3. The summed E-state index contributed by atoms with van der Waals surface area (Å²) >= 11 is 1.59. The van der Waals surface area contributed by atoms with Crippen molar-refractivity contribution in [1.29, 1.82) is 0 Å². The number of pyridine rings is 1. The second-order valence-corrected chi connectivity index (χ2v) is 8.14. The van der Waals surface area contributed by atoms with Gasteiger partial charge < -0.3 is 14.8 Å². The van der Waals surface area contributed by atoms with Crippen molar-refractivity contribution in [1.82, 2.24) is 9.97 Å². The van der Waals surface area contributed by atoms with E-state index >= 15 is 0 Å². The van der Waals surface area contributed by atoms with Crippen LogP contribution in [0.2, 0.25) is 0 Å². The fraction of sp³-hybridized carbons (Fsp3) is 0.0385. The molecule has 0 aliphatic heterocycles. The topological polar surface area (TPSA) is 73.3 Å². The third kappa shape index (κ3) is 4.99. The van der Waals surface area contributed by atoms with Gasteiger partial charge in [0, 0.05) is 17.8 Å². The van der Waals surface area contributed by atoms with Gasteiger partial charge in [0.25, 0.3) is 5.91 Å². The lowest BCUT2D eigenvalue weighted by molar-refractivity contribution is -0.118. The number of hydrogen-bond donors (Lipinski definition) is 1. The van der Waals surface area contributed by atoms with Gasteiger partial charge in [-0.25, -0.2) is 9.97 Å². The Morgan fingerprint density at radius 3 is 2.42 bits per heavy atom.